The number of rotatable bonds is 3. The van der Waals surface area contributed by atoms with Crippen LogP contribution < -0.4 is 5.73 Å². The third kappa shape index (κ3) is 2.73. The average molecular weight is 197 g/mol. The fourth-order valence-corrected chi connectivity index (χ4v) is 3.22. The lowest BCUT2D eigenvalue weighted by atomic mass is 9.65. The molecule has 0 heterocycles. The lowest BCUT2D eigenvalue weighted by molar-refractivity contribution is 0.104. The lowest BCUT2D eigenvalue weighted by Crippen LogP contribution is -2.43. The number of hydrogen-bond acceptors (Lipinski definition) is 1. The van der Waals surface area contributed by atoms with Crippen molar-refractivity contribution in [2.45, 2.75) is 65.8 Å². The van der Waals surface area contributed by atoms with E-state index in [-0.39, 0.29) is 0 Å². The van der Waals surface area contributed by atoms with Crippen molar-refractivity contribution >= 4 is 0 Å². The van der Waals surface area contributed by atoms with Crippen LogP contribution in [0.5, 0.6) is 0 Å². The topological polar surface area (TPSA) is 26.0 Å². The summed E-state index contributed by atoms with van der Waals surface area (Å²) in [5.74, 6) is 1.59. The van der Waals surface area contributed by atoms with E-state index in [0.717, 1.165) is 11.8 Å². The molecule has 0 saturated heterocycles. The molecular formula is C13H27N. The summed E-state index contributed by atoms with van der Waals surface area (Å²) in [5.41, 5.74) is 6.74. The van der Waals surface area contributed by atoms with Crippen molar-refractivity contribution in [3.8, 4) is 0 Å². The highest BCUT2D eigenvalue weighted by molar-refractivity contribution is 4.89. The van der Waals surface area contributed by atoms with E-state index in [2.05, 4.69) is 27.7 Å². The second-order valence-corrected chi connectivity index (χ2v) is 5.93. The zero-order valence-electron chi connectivity index (χ0n) is 10.3. The monoisotopic (exact) mass is 197 g/mol. The van der Waals surface area contributed by atoms with Gasteiger partial charge in [-0.2, -0.15) is 0 Å². The Morgan fingerprint density at radius 2 is 1.93 bits per heavy atom. The van der Waals surface area contributed by atoms with Gasteiger partial charge >= 0.3 is 0 Å². The first-order valence-electron chi connectivity index (χ1n) is 6.23. The largest absolute Gasteiger partial charge is 0.327 e. The molecule has 0 spiro atoms. The standard InChI is InChI=1S/C13H27N/c1-5-8-13(3,4)11-7-6-10(2)9-12(11)14/h10-12H,5-9,14H2,1-4H3. The molecule has 1 saturated carbocycles. The van der Waals surface area contributed by atoms with Crippen molar-refractivity contribution in [1.29, 1.82) is 0 Å². The van der Waals surface area contributed by atoms with Gasteiger partial charge in [0.15, 0.2) is 0 Å². The van der Waals surface area contributed by atoms with Gasteiger partial charge < -0.3 is 5.73 Å². The maximum atomic E-state index is 6.29. The second-order valence-electron chi connectivity index (χ2n) is 5.93. The SMILES string of the molecule is CCCC(C)(C)C1CCC(C)CC1N. The molecule has 0 aliphatic heterocycles. The zero-order chi connectivity index (χ0) is 10.8. The van der Waals surface area contributed by atoms with Crippen molar-refractivity contribution < 1.29 is 0 Å². The van der Waals surface area contributed by atoms with Gasteiger partial charge in [0.1, 0.15) is 0 Å². The van der Waals surface area contributed by atoms with Gasteiger partial charge in [-0.1, -0.05) is 40.5 Å². The summed E-state index contributed by atoms with van der Waals surface area (Å²) in [6.07, 6.45) is 6.56. The third-order valence-electron chi connectivity index (χ3n) is 4.06. The van der Waals surface area contributed by atoms with Crippen molar-refractivity contribution in [2.75, 3.05) is 0 Å². The van der Waals surface area contributed by atoms with E-state index in [1.807, 2.05) is 0 Å². The lowest BCUT2D eigenvalue weighted by Gasteiger charge is -2.42. The Morgan fingerprint density at radius 3 is 2.43 bits per heavy atom. The Labute approximate surface area is 89.5 Å². The molecule has 1 aliphatic rings. The third-order valence-corrected chi connectivity index (χ3v) is 4.06. The van der Waals surface area contributed by atoms with Crippen LogP contribution in [0.4, 0.5) is 0 Å². The Morgan fingerprint density at radius 1 is 1.29 bits per heavy atom. The van der Waals surface area contributed by atoms with Crippen LogP contribution in [0.25, 0.3) is 0 Å². The number of hydrogen-bond donors (Lipinski definition) is 1. The highest BCUT2D eigenvalue weighted by atomic mass is 14.7. The predicted octanol–water partition coefficient (Wildman–Crippen LogP) is 3.58. The fraction of sp³-hybridized carbons (Fsp3) is 1.00. The molecule has 14 heavy (non-hydrogen) atoms. The minimum Gasteiger partial charge on any atom is -0.327 e. The van der Waals surface area contributed by atoms with E-state index >= 15 is 0 Å². The average Bonchev–Trinajstić information content (AvgIpc) is 2.02. The van der Waals surface area contributed by atoms with Crippen molar-refractivity contribution in [2.24, 2.45) is 23.0 Å². The van der Waals surface area contributed by atoms with E-state index in [1.54, 1.807) is 0 Å². The summed E-state index contributed by atoms with van der Waals surface area (Å²) >= 11 is 0. The second kappa shape index (κ2) is 4.65. The van der Waals surface area contributed by atoms with Crippen LogP contribution in [0.3, 0.4) is 0 Å². The molecule has 3 unspecified atom stereocenters. The maximum Gasteiger partial charge on any atom is 0.00747 e. The van der Waals surface area contributed by atoms with Gasteiger partial charge in [0.25, 0.3) is 0 Å². The van der Waals surface area contributed by atoms with Gasteiger partial charge in [-0.05, 0) is 36.5 Å². The summed E-state index contributed by atoms with van der Waals surface area (Å²) < 4.78 is 0. The van der Waals surface area contributed by atoms with Gasteiger partial charge in [-0.3, -0.25) is 0 Å². The molecule has 1 fully saturated rings. The molecule has 1 nitrogen and oxygen atoms in total. The summed E-state index contributed by atoms with van der Waals surface area (Å²) in [6.45, 7) is 9.41. The van der Waals surface area contributed by atoms with Crippen molar-refractivity contribution in [3.63, 3.8) is 0 Å². The molecular weight excluding hydrogens is 170 g/mol. The minimum absolute atomic E-state index is 0.445. The molecule has 0 aromatic carbocycles. The van der Waals surface area contributed by atoms with Crippen molar-refractivity contribution in [1.82, 2.24) is 0 Å². The first kappa shape index (κ1) is 12.0. The van der Waals surface area contributed by atoms with Gasteiger partial charge in [0, 0.05) is 6.04 Å². The molecule has 1 heteroatoms. The van der Waals surface area contributed by atoms with Crippen LogP contribution in [0.2, 0.25) is 0 Å². The summed E-state index contributed by atoms with van der Waals surface area (Å²) in [4.78, 5) is 0. The van der Waals surface area contributed by atoms with Crippen LogP contribution in [0, 0.1) is 17.3 Å². The molecule has 0 amide bonds. The molecule has 84 valence electrons. The molecule has 3 atom stereocenters. The predicted molar refractivity (Wildman–Crippen MR) is 63.2 cm³/mol. The highest BCUT2D eigenvalue weighted by Gasteiger charge is 2.36. The first-order chi connectivity index (χ1) is 6.47. The number of nitrogens with two attached hydrogens (primary N) is 1. The normalized spacial score (nSPS) is 34.5. The Balaban J connectivity index is 2.58. The summed E-state index contributed by atoms with van der Waals surface area (Å²) in [6, 6.07) is 0.445. The van der Waals surface area contributed by atoms with Crippen LogP contribution in [0.15, 0.2) is 0 Å². The molecule has 0 aromatic heterocycles. The van der Waals surface area contributed by atoms with E-state index in [0.29, 0.717) is 11.5 Å². The minimum atomic E-state index is 0.445. The maximum absolute atomic E-state index is 6.29. The van der Waals surface area contributed by atoms with Crippen LogP contribution in [-0.4, -0.2) is 6.04 Å². The fourth-order valence-electron chi connectivity index (χ4n) is 3.22. The Kier molecular flexibility index (Phi) is 4.00. The van der Waals surface area contributed by atoms with E-state index < -0.39 is 0 Å². The van der Waals surface area contributed by atoms with Crippen LogP contribution >= 0.6 is 0 Å². The molecule has 0 radical (unpaired) electrons. The van der Waals surface area contributed by atoms with Crippen LogP contribution in [0.1, 0.15) is 59.8 Å². The smallest absolute Gasteiger partial charge is 0.00747 e. The van der Waals surface area contributed by atoms with Gasteiger partial charge in [0.2, 0.25) is 0 Å². The zero-order valence-corrected chi connectivity index (χ0v) is 10.3. The van der Waals surface area contributed by atoms with Crippen molar-refractivity contribution in [3.05, 3.63) is 0 Å². The summed E-state index contributed by atoms with van der Waals surface area (Å²) in [5, 5.41) is 0. The van der Waals surface area contributed by atoms with Gasteiger partial charge in [-0.15, -0.1) is 0 Å². The van der Waals surface area contributed by atoms with Gasteiger partial charge in [0.05, 0.1) is 0 Å². The van der Waals surface area contributed by atoms with Gasteiger partial charge in [-0.25, -0.2) is 0 Å². The molecule has 1 rings (SSSR count). The molecule has 1 aliphatic carbocycles. The van der Waals surface area contributed by atoms with E-state index in [1.165, 1.54) is 32.1 Å². The van der Waals surface area contributed by atoms with E-state index in [9.17, 15) is 0 Å². The van der Waals surface area contributed by atoms with Crippen LogP contribution in [-0.2, 0) is 0 Å². The Bertz CT molecular complexity index is 174. The molecule has 0 bridgehead atoms. The Hall–Kier alpha value is -0.0400. The highest BCUT2D eigenvalue weighted by Crippen LogP contribution is 2.42. The quantitative estimate of drug-likeness (QED) is 0.735. The van der Waals surface area contributed by atoms with E-state index in [4.69, 9.17) is 5.73 Å². The molecule has 2 N–H and O–H groups in total. The first-order valence-corrected chi connectivity index (χ1v) is 6.23. The molecule has 0 aromatic rings. The summed E-state index contributed by atoms with van der Waals surface area (Å²) in [7, 11) is 0.